The molecule has 0 saturated carbocycles. The molecule has 33 heavy (non-hydrogen) atoms. The van der Waals surface area contributed by atoms with Crippen molar-refractivity contribution in [2.24, 2.45) is 0 Å². The molecule has 15 heteroatoms. The Labute approximate surface area is 178 Å². The molecule has 1 aromatic carbocycles. The zero-order valence-electron chi connectivity index (χ0n) is 16.7. The molecule has 0 spiro atoms. The lowest BCUT2D eigenvalue weighted by Crippen LogP contribution is -2.70. The van der Waals surface area contributed by atoms with Crippen molar-refractivity contribution in [3.63, 3.8) is 0 Å². The summed E-state index contributed by atoms with van der Waals surface area (Å²) >= 11 is 0. The molecule has 1 unspecified atom stereocenters. The molecule has 0 N–H and O–H groups in total. The maximum Gasteiger partial charge on any atom is 0.460 e. The smallest absolute Gasteiger partial charge is 0.460 e. The van der Waals surface area contributed by atoms with Crippen LogP contribution in [0.15, 0.2) is 24.3 Å². The predicted octanol–water partition coefficient (Wildman–Crippen LogP) is 7.29. The Bertz CT molecular complexity index is 790. The fourth-order valence-corrected chi connectivity index (χ4v) is 2.52. The van der Waals surface area contributed by atoms with Crippen LogP contribution >= 0.6 is 0 Å². The van der Waals surface area contributed by atoms with Crippen molar-refractivity contribution in [1.82, 2.24) is 0 Å². The number of rotatable bonds is 11. The van der Waals surface area contributed by atoms with Crippen molar-refractivity contribution in [3.8, 4) is 5.75 Å². The third-order valence-corrected chi connectivity index (χ3v) is 4.43. The highest BCUT2D eigenvalue weighted by Gasteiger charge is 2.90. The average Bonchev–Trinajstić information content (AvgIpc) is 2.69. The predicted molar refractivity (Wildman–Crippen MR) is 87.4 cm³/mol. The quantitative estimate of drug-likeness (QED) is 0.290. The van der Waals surface area contributed by atoms with Crippen LogP contribution in [0, 0.1) is 0 Å². The zero-order chi connectivity index (χ0) is 26.1. The van der Waals surface area contributed by atoms with E-state index in [-0.39, 0.29) is 17.9 Å². The van der Waals surface area contributed by atoms with E-state index in [1.54, 1.807) is 6.92 Å². The maximum absolute atomic E-state index is 14.1. The highest BCUT2D eigenvalue weighted by molar-refractivity contribution is 5.30. The molecule has 0 saturated heterocycles. The van der Waals surface area contributed by atoms with E-state index in [1.807, 2.05) is 0 Å². The van der Waals surface area contributed by atoms with Gasteiger partial charge in [0.2, 0.25) is 0 Å². The summed E-state index contributed by atoms with van der Waals surface area (Å²) in [4.78, 5) is 0. The molecule has 0 aliphatic rings. The van der Waals surface area contributed by atoms with Gasteiger partial charge in [-0.15, -0.1) is 0 Å². The highest BCUT2D eigenvalue weighted by Crippen LogP contribution is 2.61. The monoisotopic (exact) mass is 512 g/mol. The lowest BCUT2D eigenvalue weighted by Gasteiger charge is -2.40. The number of ether oxygens (including phenoxy) is 2. The Hall–Kier alpha value is -1.93. The first-order valence-electron chi connectivity index (χ1n) is 8.92. The third-order valence-electron chi connectivity index (χ3n) is 4.43. The van der Waals surface area contributed by atoms with Crippen LogP contribution in [0.5, 0.6) is 5.75 Å². The van der Waals surface area contributed by atoms with E-state index in [0.717, 1.165) is 18.2 Å². The van der Waals surface area contributed by atoms with Gasteiger partial charge >= 0.3 is 35.8 Å². The Morgan fingerprint density at radius 3 is 1.73 bits per heavy atom. The number of hydrogen-bond donors (Lipinski definition) is 0. The molecule has 0 amide bonds. The van der Waals surface area contributed by atoms with Crippen LogP contribution in [0.2, 0.25) is 0 Å². The van der Waals surface area contributed by atoms with E-state index >= 15 is 0 Å². The molecule has 0 aliphatic heterocycles. The molecule has 0 heterocycles. The summed E-state index contributed by atoms with van der Waals surface area (Å²) in [6, 6.07) is 4.43. The van der Waals surface area contributed by atoms with Gasteiger partial charge in [0.05, 0.1) is 12.7 Å². The minimum atomic E-state index is -7.93. The van der Waals surface area contributed by atoms with Crippen molar-refractivity contribution >= 4 is 0 Å². The van der Waals surface area contributed by atoms with Gasteiger partial charge < -0.3 is 9.47 Å². The first-order valence-corrected chi connectivity index (χ1v) is 8.92. The second kappa shape index (κ2) is 9.37. The lowest BCUT2D eigenvalue weighted by atomic mass is 9.90. The number of alkyl halides is 13. The molecule has 0 fully saturated rings. The number of hydrogen-bond acceptors (Lipinski definition) is 2. The van der Waals surface area contributed by atoms with Crippen LogP contribution in [0.4, 0.5) is 57.1 Å². The van der Waals surface area contributed by atoms with Gasteiger partial charge in [0.1, 0.15) is 5.75 Å². The molecule has 1 atom stereocenters. The van der Waals surface area contributed by atoms with Crippen molar-refractivity contribution < 1.29 is 66.5 Å². The maximum atomic E-state index is 14.1. The first-order chi connectivity index (χ1) is 14.7. The third kappa shape index (κ3) is 5.11. The summed E-state index contributed by atoms with van der Waals surface area (Å²) in [7, 11) is 0.656. The normalized spacial score (nSPS) is 15.5. The fraction of sp³-hybridized carbons (Fsp3) is 0.667. The van der Waals surface area contributed by atoms with Gasteiger partial charge in [-0.2, -0.15) is 57.1 Å². The second-order valence-electron chi connectivity index (χ2n) is 6.85. The van der Waals surface area contributed by atoms with E-state index in [2.05, 4.69) is 4.74 Å². The average molecular weight is 512 g/mol. The molecule has 0 bridgehead atoms. The Morgan fingerprint density at radius 1 is 0.758 bits per heavy atom. The second-order valence-corrected chi connectivity index (χ2v) is 6.85. The minimum absolute atomic E-state index is 0.00755. The SMILES string of the molecule is CCCOc1cccc(C(CC(F)(F)C(F)(F)C(F)(F)C(F)(F)C(F)(F)C(F)(F)F)OC)c1. The van der Waals surface area contributed by atoms with E-state index < -0.39 is 48.3 Å². The van der Waals surface area contributed by atoms with Crippen molar-refractivity contribution in [3.05, 3.63) is 29.8 Å². The van der Waals surface area contributed by atoms with Gasteiger partial charge in [0, 0.05) is 13.5 Å². The van der Waals surface area contributed by atoms with Crippen LogP contribution in [-0.2, 0) is 4.74 Å². The summed E-state index contributed by atoms with van der Waals surface area (Å²) in [5, 5.41) is 0. The minimum Gasteiger partial charge on any atom is -0.494 e. The topological polar surface area (TPSA) is 18.5 Å². The van der Waals surface area contributed by atoms with Gasteiger partial charge in [-0.25, -0.2) is 0 Å². The molecule has 192 valence electrons. The highest BCUT2D eigenvalue weighted by atomic mass is 19.4. The summed E-state index contributed by atoms with van der Waals surface area (Å²) in [5.74, 6) is -37.1. The van der Waals surface area contributed by atoms with E-state index in [0.29, 0.717) is 13.5 Å². The van der Waals surface area contributed by atoms with Crippen LogP contribution < -0.4 is 4.74 Å². The van der Waals surface area contributed by atoms with Crippen molar-refractivity contribution in [2.75, 3.05) is 13.7 Å². The molecule has 1 rings (SSSR count). The van der Waals surface area contributed by atoms with Gasteiger partial charge in [-0.05, 0) is 24.1 Å². The Kier molecular flexibility index (Phi) is 8.27. The van der Waals surface area contributed by atoms with E-state index in [9.17, 15) is 57.1 Å². The molecule has 0 aromatic heterocycles. The van der Waals surface area contributed by atoms with E-state index in [1.165, 1.54) is 6.07 Å². The summed E-state index contributed by atoms with van der Waals surface area (Å²) < 4.78 is 182. The first kappa shape index (κ1) is 29.1. The summed E-state index contributed by atoms with van der Waals surface area (Å²) in [6.45, 7) is 1.83. The Balaban J connectivity index is 3.36. The van der Waals surface area contributed by atoms with Crippen molar-refractivity contribution in [1.29, 1.82) is 0 Å². The molecule has 2 nitrogen and oxygen atoms in total. The molecule has 0 radical (unpaired) electrons. The summed E-state index contributed by atoms with van der Waals surface area (Å²) in [5.41, 5.74) is -0.378. The molecule has 1 aromatic rings. The zero-order valence-corrected chi connectivity index (χ0v) is 16.7. The van der Waals surface area contributed by atoms with E-state index in [4.69, 9.17) is 4.74 Å². The number of halogens is 13. The van der Waals surface area contributed by atoms with Gasteiger partial charge in [-0.3, -0.25) is 0 Å². The lowest BCUT2D eigenvalue weighted by molar-refractivity contribution is -0.440. The van der Waals surface area contributed by atoms with Gasteiger partial charge in [0.15, 0.2) is 0 Å². The largest absolute Gasteiger partial charge is 0.494 e. The van der Waals surface area contributed by atoms with Crippen molar-refractivity contribution in [2.45, 2.75) is 61.7 Å². The van der Waals surface area contributed by atoms with Gasteiger partial charge in [-0.1, -0.05) is 19.1 Å². The molecule has 0 aliphatic carbocycles. The molecular weight excluding hydrogens is 495 g/mol. The Morgan fingerprint density at radius 2 is 1.27 bits per heavy atom. The number of methoxy groups -OCH3 is 1. The van der Waals surface area contributed by atoms with Crippen LogP contribution in [0.25, 0.3) is 0 Å². The van der Waals surface area contributed by atoms with Crippen LogP contribution in [0.1, 0.15) is 31.4 Å². The van der Waals surface area contributed by atoms with Crippen LogP contribution in [-0.4, -0.2) is 49.5 Å². The van der Waals surface area contributed by atoms with Crippen LogP contribution in [0.3, 0.4) is 0 Å². The summed E-state index contributed by atoms with van der Waals surface area (Å²) in [6.07, 6.45) is -11.6. The standard InChI is InChI=1S/C18H17F13O2/c1-3-7-33-11-6-4-5-10(8-11)12(32-2)9-13(19,20)14(21,22)15(23,24)16(25,26)17(27,28)18(29,30)31/h4-6,8,12H,3,7,9H2,1-2H3. The molecular formula is C18H17F13O2. The van der Waals surface area contributed by atoms with Gasteiger partial charge in [0.25, 0.3) is 0 Å². The number of benzene rings is 1. The fourth-order valence-electron chi connectivity index (χ4n) is 2.52.